The van der Waals surface area contributed by atoms with Gasteiger partial charge < -0.3 is 10.0 Å². The number of hydrogen-bond acceptors (Lipinski definition) is 4. The third kappa shape index (κ3) is 4.64. The molecule has 0 spiro atoms. The molecule has 4 heteroatoms. The molecule has 1 N–H and O–H groups in total. The lowest BCUT2D eigenvalue weighted by Gasteiger charge is -2.31. The van der Waals surface area contributed by atoms with Crippen molar-refractivity contribution in [3.05, 3.63) is 87.9 Å². The fourth-order valence-corrected chi connectivity index (χ4v) is 4.69. The van der Waals surface area contributed by atoms with Crippen LogP contribution in [0.5, 0.6) is 0 Å². The van der Waals surface area contributed by atoms with Gasteiger partial charge in [0.05, 0.1) is 5.69 Å². The van der Waals surface area contributed by atoms with E-state index < -0.39 is 6.10 Å². The molecule has 27 heavy (non-hydrogen) atoms. The van der Waals surface area contributed by atoms with Gasteiger partial charge in [0.15, 0.2) is 0 Å². The molecule has 2 aromatic carbocycles. The molecule has 1 aliphatic heterocycles. The zero-order valence-electron chi connectivity index (χ0n) is 15.5. The lowest BCUT2D eigenvalue weighted by Crippen LogP contribution is -2.34. The SMILES string of the molecule is OC(c1ccccc1)c1nc(C2CCN(CCc3ccccc3)CC2)cs1. The molecule has 1 fully saturated rings. The summed E-state index contributed by atoms with van der Waals surface area (Å²) in [5.74, 6) is 0.519. The summed E-state index contributed by atoms with van der Waals surface area (Å²) in [7, 11) is 0. The van der Waals surface area contributed by atoms with Crippen LogP contribution in [0.3, 0.4) is 0 Å². The molecule has 0 radical (unpaired) electrons. The van der Waals surface area contributed by atoms with Gasteiger partial charge in [-0.05, 0) is 43.5 Å². The fourth-order valence-electron chi connectivity index (χ4n) is 3.78. The Labute approximate surface area is 165 Å². The van der Waals surface area contributed by atoms with Gasteiger partial charge in [0.25, 0.3) is 0 Å². The van der Waals surface area contributed by atoms with Crippen molar-refractivity contribution in [2.75, 3.05) is 19.6 Å². The molecule has 140 valence electrons. The third-order valence-corrected chi connectivity index (χ3v) is 6.37. The standard InChI is InChI=1S/C23H26N2OS/c26-22(20-9-5-2-6-10-20)23-24-21(17-27-23)19-12-15-25(16-13-19)14-11-18-7-3-1-4-8-18/h1-10,17,19,22,26H,11-16H2. The summed E-state index contributed by atoms with van der Waals surface area (Å²) in [5, 5.41) is 13.5. The Morgan fingerprint density at radius 2 is 1.67 bits per heavy atom. The Balaban J connectivity index is 1.30. The minimum atomic E-state index is -0.615. The van der Waals surface area contributed by atoms with Crippen molar-refractivity contribution in [1.29, 1.82) is 0 Å². The van der Waals surface area contributed by atoms with Crippen LogP contribution in [0.2, 0.25) is 0 Å². The summed E-state index contributed by atoms with van der Waals surface area (Å²) in [4.78, 5) is 7.34. The van der Waals surface area contributed by atoms with E-state index in [2.05, 4.69) is 40.6 Å². The van der Waals surface area contributed by atoms with E-state index in [9.17, 15) is 5.11 Å². The van der Waals surface area contributed by atoms with E-state index in [0.717, 1.165) is 55.2 Å². The van der Waals surface area contributed by atoms with Gasteiger partial charge >= 0.3 is 0 Å². The monoisotopic (exact) mass is 378 g/mol. The second kappa shape index (κ2) is 8.79. The van der Waals surface area contributed by atoms with Crippen molar-refractivity contribution in [2.45, 2.75) is 31.3 Å². The molecular formula is C23H26N2OS. The highest BCUT2D eigenvalue weighted by Gasteiger charge is 2.24. The van der Waals surface area contributed by atoms with E-state index >= 15 is 0 Å². The number of nitrogens with zero attached hydrogens (tertiary/aromatic N) is 2. The molecular weight excluding hydrogens is 352 g/mol. The smallest absolute Gasteiger partial charge is 0.131 e. The second-order valence-corrected chi connectivity index (χ2v) is 8.17. The maximum atomic E-state index is 10.6. The summed E-state index contributed by atoms with van der Waals surface area (Å²) in [6, 6.07) is 20.5. The number of aliphatic hydroxyl groups excluding tert-OH is 1. The highest BCUT2D eigenvalue weighted by atomic mass is 32.1. The highest BCUT2D eigenvalue weighted by Crippen LogP contribution is 2.32. The zero-order valence-corrected chi connectivity index (χ0v) is 16.3. The Bertz CT molecular complexity index is 826. The molecule has 3 nitrogen and oxygen atoms in total. The van der Waals surface area contributed by atoms with Crippen molar-refractivity contribution in [3.8, 4) is 0 Å². The van der Waals surface area contributed by atoms with Gasteiger partial charge in [-0.1, -0.05) is 60.7 Å². The quantitative estimate of drug-likeness (QED) is 0.678. The number of likely N-dealkylation sites (tertiary alicyclic amines) is 1. The molecule has 0 amide bonds. The van der Waals surface area contributed by atoms with Gasteiger partial charge in [-0.25, -0.2) is 4.98 Å². The van der Waals surface area contributed by atoms with Gasteiger partial charge in [-0.2, -0.15) is 0 Å². The summed E-state index contributed by atoms with van der Waals surface area (Å²) in [5.41, 5.74) is 3.49. The largest absolute Gasteiger partial charge is 0.381 e. The Morgan fingerprint density at radius 3 is 2.37 bits per heavy atom. The van der Waals surface area contributed by atoms with Crippen LogP contribution in [0.15, 0.2) is 66.0 Å². The molecule has 1 aromatic heterocycles. The first kappa shape index (κ1) is 18.4. The van der Waals surface area contributed by atoms with E-state index in [1.807, 2.05) is 30.3 Å². The molecule has 0 bridgehead atoms. The van der Waals surface area contributed by atoms with E-state index in [1.54, 1.807) is 11.3 Å². The minimum Gasteiger partial charge on any atom is -0.381 e. The number of benzene rings is 2. The van der Waals surface area contributed by atoms with E-state index in [1.165, 1.54) is 5.56 Å². The Morgan fingerprint density at radius 1 is 1.00 bits per heavy atom. The summed E-state index contributed by atoms with van der Waals surface area (Å²) in [6.07, 6.45) is 2.81. The molecule has 3 aromatic rings. The molecule has 0 aliphatic carbocycles. The predicted molar refractivity (Wildman–Crippen MR) is 111 cm³/mol. The topological polar surface area (TPSA) is 36.4 Å². The normalized spacial score (nSPS) is 17.1. The highest BCUT2D eigenvalue weighted by molar-refractivity contribution is 7.09. The minimum absolute atomic E-state index is 0.519. The number of aromatic nitrogens is 1. The number of aliphatic hydroxyl groups is 1. The van der Waals surface area contributed by atoms with Crippen LogP contribution in [-0.4, -0.2) is 34.6 Å². The summed E-state index contributed by atoms with van der Waals surface area (Å²) >= 11 is 1.58. The van der Waals surface area contributed by atoms with Crippen molar-refractivity contribution >= 4 is 11.3 Å². The van der Waals surface area contributed by atoms with E-state index in [4.69, 9.17) is 4.98 Å². The maximum absolute atomic E-state index is 10.6. The maximum Gasteiger partial charge on any atom is 0.131 e. The van der Waals surface area contributed by atoms with Crippen molar-refractivity contribution < 1.29 is 5.11 Å². The number of piperidine rings is 1. The average Bonchev–Trinajstić information content (AvgIpc) is 3.24. The van der Waals surface area contributed by atoms with E-state index in [-0.39, 0.29) is 0 Å². The average molecular weight is 379 g/mol. The summed E-state index contributed by atoms with van der Waals surface area (Å²) in [6.45, 7) is 3.39. The molecule has 0 saturated carbocycles. The van der Waals surface area contributed by atoms with Crippen LogP contribution in [0, 0.1) is 0 Å². The summed E-state index contributed by atoms with van der Waals surface area (Å²) < 4.78 is 0. The van der Waals surface area contributed by atoms with Gasteiger partial charge in [0.2, 0.25) is 0 Å². The Hall–Kier alpha value is -2.01. The van der Waals surface area contributed by atoms with Crippen LogP contribution in [0.1, 0.15) is 46.7 Å². The van der Waals surface area contributed by atoms with Crippen LogP contribution in [0.4, 0.5) is 0 Å². The molecule has 1 atom stereocenters. The lowest BCUT2D eigenvalue weighted by molar-refractivity contribution is 0.210. The zero-order chi connectivity index (χ0) is 18.5. The predicted octanol–water partition coefficient (Wildman–Crippen LogP) is 4.65. The number of hydrogen-bond donors (Lipinski definition) is 1. The molecule has 1 unspecified atom stereocenters. The first-order valence-electron chi connectivity index (χ1n) is 9.74. The fraction of sp³-hybridized carbons (Fsp3) is 0.348. The van der Waals surface area contributed by atoms with Crippen molar-refractivity contribution in [1.82, 2.24) is 9.88 Å². The van der Waals surface area contributed by atoms with Crippen molar-refractivity contribution in [3.63, 3.8) is 0 Å². The van der Waals surface area contributed by atoms with E-state index in [0.29, 0.717) is 5.92 Å². The van der Waals surface area contributed by atoms with Gasteiger partial charge in [0, 0.05) is 17.8 Å². The van der Waals surface area contributed by atoms with Crippen LogP contribution >= 0.6 is 11.3 Å². The lowest BCUT2D eigenvalue weighted by atomic mass is 9.94. The third-order valence-electron chi connectivity index (χ3n) is 5.45. The van der Waals surface area contributed by atoms with Gasteiger partial charge in [-0.3, -0.25) is 0 Å². The van der Waals surface area contributed by atoms with Crippen LogP contribution in [0.25, 0.3) is 0 Å². The molecule has 1 aliphatic rings. The molecule has 4 rings (SSSR count). The Kier molecular flexibility index (Phi) is 5.97. The first-order valence-corrected chi connectivity index (χ1v) is 10.6. The first-order chi connectivity index (χ1) is 13.3. The van der Waals surface area contributed by atoms with Crippen LogP contribution < -0.4 is 0 Å². The molecule has 1 saturated heterocycles. The van der Waals surface area contributed by atoms with Gasteiger partial charge in [0.1, 0.15) is 11.1 Å². The van der Waals surface area contributed by atoms with Crippen LogP contribution in [-0.2, 0) is 6.42 Å². The number of thiazole rings is 1. The second-order valence-electron chi connectivity index (χ2n) is 7.28. The number of rotatable bonds is 6. The molecule has 2 heterocycles. The van der Waals surface area contributed by atoms with Crippen molar-refractivity contribution in [2.24, 2.45) is 0 Å². The van der Waals surface area contributed by atoms with Gasteiger partial charge in [-0.15, -0.1) is 11.3 Å².